The number of aromatic nitrogens is 1. The van der Waals surface area contributed by atoms with Gasteiger partial charge in [0.1, 0.15) is 5.82 Å². The molecular formula is C15H19N3. The van der Waals surface area contributed by atoms with Crippen LogP contribution in [0.1, 0.15) is 18.1 Å². The topological polar surface area (TPSA) is 42.2 Å². The third-order valence-corrected chi connectivity index (χ3v) is 3.04. The van der Waals surface area contributed by atoms with Crippen LogP contribution in [0.5, 0.6) is 0 Å². The summed E-state index contributed by atoms with van der Waals surface area (Å²) in [6.07, 6.45) is 1.72. The maximum atomic E-state index is 5.89. The molecule has 0 aliphatic heterocycles. The van der Waals surface area contributed by atoms with Crippen LogP contribution >= 0.6 is 0 Å². The van der Waals surface area contributed by atoms with Crippen LogP contribution in [-0.2, 0) is 6.54 Å². The van der Waals surface area contributed by atoms with E-state index >= 15 is 0 Å². The largest absolute Gasteiger partial charge is 0.383 e. The molecule has 1 heterocycles. The Morgan fingerprint density at radius 2 is 2.06 bits per heavy atom. The van der Waals surface area contributed by atoms with Gasteiger partial charge in [-0.3, -0.25) is 0 Å². The summed E-state index contributed by atoms with van der Waals surface area (Å²) in [6, 6.07) is 12.5. The monoisotopic (exact) mass is 241 g/mol. The van der Waals surface area contributed by atoms with Crippen LogP contribution in [0.2, 0.25) is 0 Å². The fourth-order valence-electron chi connectivity index (χ4n) is 2.00. The Labute approximate surface area is 108 Å². The maximum Gasteiger partial charge on any atom is 0.128 e. The average molecular weight is 241 g/mol. The van der Waals surface area contributed by atoms with Gasteiger partial charge in [-0.2, -0.15) is 0 Å². The van der Waals surface area contributed by atoms with Crippen molar-refractivity contribution in [3.8, 4) is 0 Å². The molecule has 0 saturated heterocycles. The van der Waals surface area contributed by atoms with Gasteiger partial charge in [-0.05, 0) is 37.6 Å². The summed E-state index contributed by atoms with van der Waals surface area (Å²) >= 11 is 0. The number of nitrogen functional groups attached to an aromatic ring is 1. The van der Waals surface area contributed by atoms with Gasteiger partial charge in [0, 0.05) is 30.5 Å². The molecule has 0 amide bonds. The van der Waals surface area contributed by atoms with Crippen LogP contribution < -0.4 is 10.6 Å². The van der Waals surface area contributed by atoms with E-state index < -0.39 is 0 Å². The molecule has 0 saturated carbocycles. The van der Waals surface area contributed by atoms with Crippen LogP contribution in [0.4, 0.5) is 11.5 Å². The van der Waals surface area contributed by atoms with Crippen molar-refractivity contribution in [2.75, 3.05) is 17.2 Å². The van der Waals surface area contributed by atoms with Crippen molar-refractivity contribution < 1.29 is 0 Å². The van der Waals surface area contributed by atoms with E-state index in [-0.39, 0.29) is 0 Å². The molecule has 0 atom stereocenters. The quantitative estimate of drug-likeness (QED) is 0.894. The second-order valence-corrected chi connectivity index (χ2v) is 4.40. The molecule has 2 N–H and O–H groups in total. The Kier molecular flexibility index (Phi) is 3.82. The second-order valence-electron chi connectivity index (χ2n) is 4.40. The van der Waals surface area contributed by atoms with Gasteiger partial charge in [-0.15, -0.1) is 0 Å². The Bertz CT molecular complexity index is 523. The molecule has 2 rings (SSSR count). The number of anilines is 2. The highest BCUT2D eigenvalue weighted by Gasteiger charge is 2.07. The molecule has 1 aromatic carbocycles. The van der Waals surface area contributed by atoms with Crippen molar-refractivity contribution in [3.05, 3.63) is 53.7 Å². The Balaban J connectivity index is 2.23. The molecule has 18 heavy (non-hydrogen) atoms. The normalized spacial score (nSPS) is 10.3. The Morgan fingerprint density at radius 3 is 2.72 bits per heavy atom. The van der Waals surface area contributed by atoms with Gasteiger partial charge in [0.15, 0.2) is 0 Å². The van der Waals surface area contributed by atoms with Crippen LogP contribution in [0.3, 0.4) is 0 Å². The van der Waals surface area contributed by atoms with Crippen LogP contribution in [-0.4, -0.2) is 11.5 Å². The van der Waals surface area contributed by atoms with E-state index in [1.165, 1.54) is 11.3 Å². The van der Waals surface area contributed by atoms with E-state index in [2.05, 4.69) is 48.0 Å². The van der Waals surface area contributed by atoms with Gasteiger partial charge in [0.05, 0.1) is 0 Å². The standard InChI is InChI=1S/C15H19N3/c1-3-18(14-8-4-6-12(2)10-14)11-13-7-5-9-17-15(13)16/h4-10H,3,11H2,1-2H3,(H2,16,17). The van der Waals surface area contributed by atoms with Gasteiger partial charge in [0.2, 0.25) is 0 Å². The summed E-state index contributed by atoms with van der Waals surface area (Å²) in [7, 11) is 0. The van der Waals surface area contributed by atoms with Gasteiger partial charge < -0.3 is 10.6 Å². The van der Waals surface area contributed by atoms with E-state index in [0.717, 1.165) is 18.7 Å². The maximum absolute atomic E-state index is 5.89. The fraction of sp³-hybridized carbons (Fsp3) is 0.267. The average Bonchev–Trinajstić information content (AvgIpc) is 2.38. The summed E-state index contributed by atoms with van der Waals surface area (Å²) in [5, 5.41) is 0. The molecule has 3 nitrogen and oxygen atoms in total. The van der Waals surface area contributed by atoms with Crippen molar-refractivity contribution in [2.45, 2.75) is 20.4 Å². The Morgan fingerprint density at radius 1 is 1.22 bits per heavy atom. The highest BCUT2D eigenvalue weighted by atomic mass is 15.1. The minimum Gasteiger partial charge on any atom is -0.383 e. The molecule has 1 aromatic heterocycles. The molecule has 0 bridgehead atoms. The smallest absolute Gasteiger partial charge is 0.128 e. The van der Waals surface area contributed by atoms with E-state index in [9.17, 15) is 0 Å². The van der Waals surface area contributed by atoms with Gasteiger partial charge >= 0.3 is 0 Å². The predicted octanol–water partition coefficient (Wildman–Crippen LogP) is 3.00. The van der Waals surface area contributed by atoms with E-state index in [1.54, 1.807) is 6.20 Å². The van der Waals surface area contributed by atoms with Crippen LogP contribution in [0, 0.1) is 6.92 Å². The zero-order valence-corrected chi connectivity index (χ0v) is 10.9. The zero-order chi connectivity index (χ0) is 13.0. The first kappa shape index (κ1) is 12.4. The number of benzene rings is 1. The number of hydrogen-bond acceptors (Lipinski definition) is 3. The highest BCUT2D eigenvalue weighted by Crippen LogP contribution is 2.19. The lowest BCUT2D eigenvalue weighted by molar-refractivity contribution is 0.830. The van der Waals surface area contributed by atoms with Crippen molar-refractivity contribution in [3.63, 3.8) is 0 Å². The molecule has 3 heteroatoms. The van der Waals surface area contributed by atoms with Crippen molar-refractivity contribution in [1.82, 2.24) is 4.98 Å². The van der Waals surface area contributed by atoms with Crippen LogP contribution in [0.15, 0.2) is 42.6 Å². The molecule has 0 aliphatic carbocycles. The number of hydrogen-bond donors (Lipinski definition) is 1. The molecule has 0 aliphatic rings. The van der Waals surface area contributed by atoms with Crippen molar-refractivity contribution in [2.24, 2.45) is 0 Å². The van der Waals surface area contributed by atoms with Gasteiger partial charge in [-0.25, -0.2) is 4.98 Å². The first-order valence-corrected chi connectivity index (χ1v) is 6.21. The zero-order valence-electron chi connectivity index (χ0n) is 10.9. The lowest BCUT2D eigenvalue weighted by Crippen LogP contribution is -2.22. The number of rotatable bonds is 4. The summed E-state index contributed by atoms with van der Waals surface area (Å²) in [6.45, 7) is 5.99. The first-order valence-electron chi connectivity index (χ1n) is 6.21. The highest BCUT2D eigenvalue weighted by molar-refractivity contribution is 5.50. The lowest BCUT2D eigenvalue weighted by Gasteiger charge is -2.24. The molecule has 0 fully saturated rings. The summed E-state index contributed by atoms with van der Waals surface area (Å²) in [4.78, 5) is 6.42. The number of nitrogens with two attached hydrogens (primary N) is 1. The van der Waals surface area contributed by atoms with Crippen LogP contribution in [0.25, 0.3) is 0 Å². The van der Waals surface area contributed by atoms with Gasteiger partial charge in [0.25, 0.3) is 0 Å². The summed E-state index contributed by atoms with van der Waals surface area (Å²) in [5.74, 6) is 0.614. The van der Waals surface area contributed by atoms with E-state index in [1.807, 2.05) is 12.1 Å². The molecule has 94 valence electrons. The molecule has 2 aromatic rings. The molecule has 0 radical (unpaired) electrons. The fourth-order valence-corrected chi connectivity index (χ4v) is 2.00. The summed E-state index contributed by atoms with van der Waals surface area (Å²) < 4.78 is 0. The van der Waals surface area contributed by atoms with Gasteiger partial charge in [-0.1, -0.05) is 18.2 Å². The lowest BCUT2D eigenvalue weighted by atomic mass is 10.2. The third kappa shape index (κ3) is 2.80. The summed E-state index contributed by atoms with van der Waals surface area (Å²) in [5.41, 5.74) is 9.46. The Hall–Kier alpha value is -2.03. The predicted molar refractivity (Wildman–Crippen MR) is 76.6 cm³/mol. The van der Waals surface area contributed by atoms with Crippen molar-refractivity contribution in [1.29, 1.82) is 0 Å². The number of pyridine rings is 1. The first-order chi connectivity index (χ1) is 8.70. The molecule has 0 unspecified atom stereocenters. The van der Waals surface area contributed by atoms with E-state index in [0.29, 0.717) is 5.82 Å². The van der Waals surface area contributed by atoms with Crippen molar-refractivity contribution >= 4 is 11.5 Å². The minimum absolute atomic E-state index is 0.614. The molecular weight excluding hydrogens is 222 g/mol. The minimum atomic E-state index is 0.614. The number of aryl methyl sites for hydroxylation is 1. The second kappa shape index (κ2) is 5.54. The van der Waals surface area contributed by atoms with E-state index in [4.69, 9.17) is 5.73 Å². The molecule has 0 spiro atoms. The third-order valence-electron chi connectivity index (χ3n) is 3.04. The number of nitrogens with zero attached hydrogens (tertiary/aromatic N) is 2. The SMILES string of the molecule is CCN(Cc1cccnc1N)c1cccc(C)c1.